The van der Waals surface area contributed by atoms with E-state index in [0.717, 1.165) is 22.3 Å². The number of aliphatic hydroxyl groups is 1. The van der Waals surface area contributed by atoms with Gasteiger partial charge in [-0.2, -0.15) is 0 Å². The molecule has 2 N–H and O–H groups in total. The number of benzene rings is 2. The predicted octanol–water partition coefficient (Wildman–Crippen LogP) is 2.63. The SMILES string of the molecule is COc1ccc(CN2c3c(n(C)c(=O)n(CCCO)c3=O)NC2Oc2cccc(OC(F)(F)F)c2)cc1. The first-order chi connectivity index (χ1) is 17.6. The summed E-state index contributed by atoms with van der Waals surface area (Å²) < 4.78 is 55.5. The second-order valence-corrected chi connectivity index (χ2v) is 8.19. The van der Waals surface area contributed by atoms with E-state index in [9.17, 15) is 27.9 Å². The van der Waals surface area contributed by atoms with Crippen LogP contribution in [0.4, 0.5) is 24.7 Å². The fourth-order valence-electron chi connectivity index (χ4n) is 3.97. The van der Waals surface area contributed by atoms with E-state index in [0.29, 0.717) is 5.75 Å². The molecule has 0 bridgehead atoms. The molecule has 198 valence electrons. The Labute approximate surface area is 209 Å². The van der Waals surface area contributed by atoms with Crippen LogP contribution >= 0.6 is 0 Å². The van der Waals surface area contributed by atoms with Crippen LogP contribution in [0.3, 0.4) is 0 Å². The molecule has 37 heavy (non-hydrogen) atoms. The van der Waals surface area contributed by atoms with Crippen molar-refractivity contribution >= 4 is 11.5 Å². The van der Waals surface area contributed by atoms with Crippen molar-refractivity contribution in [2.45, 2.75) is 32.2 Å². The molecular formula is C24H25F3N4O6. The lowest BCUT2D eigenvalue weighted by atomic mass is 10.2. The second kappa shape index (κ2) is 10.5. The first-order valence-corrected chi connectivity index (χ1v) is 11.2. The molecule has 4 rings (SSSR count). The molecule has 1 aromatic heterocycles. The first-order valence-electron chi connectivity index (χ1n) is 11.2. The van der Waals surface area contributed by atoms with Gasteiger partial charge < -0.3 is 29.5 Å². The van der Waals surface area contributed by atoms with Gasteiger partial charge in [-0.1, -0.05) is 18.2 Å². The molecule has 0 spiro atoms. The highest BCUT2D eigenvalue weighted by Gasteiger charge is 2.37. The topological polar surface area (TPSA) is 107 Å². The summed E-state index contributed by atoms with van der Waals surface area (Å²) in [4.78, 5) is 27.8. The number of methoxy groups -OCH3 is 1. The standard InChI is InChI=1S/C24H25F3N4O6/c1-29-20-19(21(33)30(23(29)34)11-4-12-32)31(14-15-7-9-16(35-2)10-8-15)22(28-20)36-17-5-3-6-18(13-17)37-24(25,26)27/h3,5-10,13,22,28,32H,4,11-12,14H2,1-2H3. The normalized spacial score (nSPS) is 14.8. The molecule has 3 aromatic rings. The van der Waals surface area contributed by atoms with Crippen molar-refractivity contribution in [1.82, 2.24) is 9.13 Å². The minimum atomic E-state index is -4.88. The van der Waals surface area contributed by atoms with Crippen LogP contribution in [0, 0.1) is 0 Å². The van der Waals surface area contributed by atoms with Gasteiger partial charge in [0.25, 0.3) is 11.9 Å². The maximum atomic E-state index is 13.4. The zero-order valence-corrected chi connectivity index (χ0v) is 20.0. The smallest absolute Gasteiger partial charge is 0.497 e. The fraction of sp³-hybridized carbons (Fsp3) is 0.333. The Balaban J connectivity index is 1.74. The van der Waals surface area contributed by atoms with Crippen molar-refractivity contribution in [1.29, 1.82) is 0 Å². The minimum absolute atomic E-state index is 0.00795. The Bertz CT molecular complexity index is 1370. The Morgan fingerprint density at radius 1 is 1.05 bits per heavy atom. The summed E-state index contributed by atoms with van der Waals surface area (Å²) in [6.07, 6.45) is -5.73. The molecule has 0 amide bonds. The summed E-state index contributed by atoms with van der Waals surface area (Å²) in [5.41, 5.74) is -0.264. The third-order valence-corrected chi connectivity index (χ3v) is 5.69. The number of aliphatic hydroxyl groups excluding tert-OH is 1. The number of ether oxygens (including phenoxy) is 3. The Morgan fingerprint density at radius 2 is 1.76 bits per heavy atom. The van der Waals surface area contributed by atoms with Gasteiger partial charge in [0, 0.05) is 32.8 Å². The fourth-order valence-corrected chi connectivity index (χ4v) is 3.97. The number of nitrogens with one attached hydrogen (secondary N) is 1. The highest BCUT2D eigenvalue weighted by Crippen LogP contribution is 2.34. The van der Waals surface area contributed by atoms with Crippen LogP contribution in [-0.2, 0) is 20.1 Å². The maximum Gasteiger partial charge on any atom is 0.573 e. The molecule has 1 atom stereocenters. The molecule has 0 saturated heterocycles. The summed E-state index contributed by atoms with van der Waals surface area (Å²) in [5, 5.41) is 12.2. The van der Waals surface area contributed by atoms with Gasteiger partial charge in [0.15, 0.2) is 0 Å². The molecule has 0 aliphatic carbocycles. The van der Waals surface area contributed by atoms with Gasteiger partial charge in [0.1, 0.15) is 28.8 Å². The van der Waals surface area contributed by atoms with Crippen molar-refractivity contribution in [2.75, 3.05) is 23.9 Å². The van der Waals surface area contributed by atoms with E-state index in [1.807, 2.05) is 0 Å². The van der Waals surface area contributed by atoms with Gasteiger partial charge in [-0.15, -0.1) is 13.2 Å². The number of alkyl halides is 3. The molecule has 2 heterocycles. The third-order valence-electron chi connectivity index (χ3n) is 5.69. The highest BCUT2D eigenvalue weighted by atomic mass is 19.4. The lowest BCUT2D eigenvalue weighted by molar-refractivity contribution is -0.274. The van der Waals surface area contributed by atoms with Crippen LogP contribution in [0.2, 0.25) is 0 Å². The molecule has 13 heteroatoms. The molecule has 0 fully saturated rings. The predicted molar refractivity (Wildman–Crippen MR) is 128 cm³/mol. The number of hydrogen-bond donors (Lipinski definition) is 2. The van der Waals surface area contributed by atoms with Crippen molar-refractivity contribution < 1.29 is 32.5 Å². The van der Waals surface area contributed by atoms with Crippen LogP contribution in [-0.4, -0.2) is 40.7 Å². The van der Waals surface area contributed by atoms with Crippen molar-refractivity contribution in [3.05, 3.63) is 74.9 Å². The molecule has 0 radical (unpaired) electrons. The third kappa shape index (κ3) is 5.66. The van der Waals surface area contributed by atoms with Crippen molar-refractivity contribution in [3.8, 4) is 17.2 Å². The van der Waals surface area contributed by atoms with E-state index < -0.39 is 29.7 Å². The maximum absolute atomic E-state index is 13.4. The highest BCUT2D eigenvalue weighted by molar-refractivity contribution is 5.71. The number of aromatic nitrogens is 2. The van der Waals surface area contributed by atoms with E-state index in [2.05, 4.69) is 10.1 Å². The van der Waals surface area contributed by atoms with E-state index in [4.69, 9.17) is 9.47 Å². The van der Waals surface area contributed by atoms with Crippen LogP contribution in [0.1, 0.15) is 12.0 Å². The molecule has 0 saturated carbocycles. The van der Waals surface area contributed by atoms with Gasteiger partial charge in [0.2, 0.25) is 0 Å². The first kappa shape index (κ1) is 25.9. The summed E-state index contributed by atoms with van der Waals surface area (Å²) in [7, 11) is 3.01. The molecule has 10 nitrogen and oxygen atoms in total. The van der Waals surface area contributed by atoms with E-state index >= 15 is 0 Å². The molecule has 1 aliphatic rings. The van der Waals surface area contributed by atoms with E-state index in [1.165, 1.54) is 30.9 Å². The average Bonchev–Trinajstić information content (AvgIpc) is 3.20. The summed E-state index contributed by atoms with van der Waals surface area (Å²) in [6.45, 7) is -0.0442. The average molecular weight is 522 g/mol. The second-order valence-electron chi connectivity index (χ2n) is 8.19. The molecule has 2 aromatic carbocycles. The quantitative estimate of drug-likeness (QED) is 0.442. The Kier molecular flexibility index (Phi) is 7.34. The van der Waals surface area contributed by atoms with Gasteiger partial charge in [-0.3, -0.25) is 13.9 Å². The molecule has 1 unspecified atom stereocenters. The number of fused-ring (bicyclic) bond motifs is 1. The number of hydrogen-bond acceptors (Lipinski definition) is 8. The Hall–Kier alpha value is -4.13. The van der Waals surface area contributed by atoms with Crippen molar-refractivity contribution in [2.24, 2.45) is 7.05 Å². The van der Waals surface area contributed by atoms with Crippen LogP contribution < -0.4 is 35.7 Å². The molecule has 1 aliphatic heterocycles. The van der Waals surface area contributed by atoms with Crippen LogP contribution in [0.25, 0.3) is 0 Å². The van der Waals surface area contributed by atoms with E-state index in [1.54, 1.807) is 29.2 Å². The summed E-state index contributed by atoms with van der Waals surface area (Å²) >= 11 is 0. The van der Waals surface area contributed by atoms with Gasteiger partial charge in [-0.05, 0) is 36.2 Å². The lowest BCUT2D eigenvalue weighted by Crippen LogP contribution is -2.43. The number of anilines is 2. The monoisotopic (exact) mass is 522 g/mol. The zero-order chi connectivity index (χ0) is 26.7. The Morgan fingerprint density at radius 3 is 2.41 bits per heavy atom. The van der Waals surface area contributed by atoms with Gasteiger partial charge >= 0.3 is 12.1 Å². The van der Waals surface area contributed by atoms with Gasteiger partial charge in [-0.25, -0.2) is 4.79 Å². The minimum Gasteiger partial charge on any atom is -0.497 e. The number of nitrogens with zero attached hydrogens (tertiary/aromatic N) is 3. The van der Waals surface area contributed by atoms with E-state index in [-0.39, 0.29) is 43.4 Å². The molecular weight excluding hydrogens is 497 g/mol. The zero-order valence-electron chi connectivity index (χ0n) is 20.0. The summed E-state index contributed by atoms with van der Waals surface area (Å²) in [5.74, 6) is 0.390. The number of halogens is 3. The number of rotatable bonds is 9. The summed E-state index contributed by atoms with van der Waals surface area (Å²) in [6, 6.07) is 12.1. The van der Waals surface area contributed by atoms with Crippen LogP contribution in [0.15, 0.2) is 58.1 Å². The van der Waals surface area contributed by atoms with Gasteiger partial charge in [0.05, 0.1) is 7.11 Å². The van der Waals surface area contributed by atoms with Crippen molar-refractivity contribution in [3.63, 3.8) is 0 Å². The van der Waals surface area contributed by atoms with Crippen LogP contribution in [0.5, 0.6) is 17.2 Å². The lowest BCUT2D eigenvalue weighted by Gasteiger charge is -2.27. The largest absolute Gasteiger partial charge is 0.573 e.